The number of carbonyl (C=O) groups excluding carboxylic acids is 1. The number of anilines is 1. The summed E-state index contributed by atoms with van der Waals surface area (Å²) in [5.74, 6) is -0.155. The number of carbonyl (C=O) groups is 1. The predicted molar refractivity (Wildman–Crippen MR) is 132 cm³/mol. The number of aromatic nitrogens is 1. The lowest BCUT2D eigenvalue weighted by Crippen LogP contribution is -2.43. The zero-order valence-corrected chi connectivity index (χ0v) is 20.6. The SMILES string of the molecule is CCc1cccc2sc(N(CCN3CCOCC3)C(=O)c3ccc(S(=O)(=O)CC)cc3)nc12. The highest BCUT2D eigenvalue weighted by Gasteiger charge is 2.24. The van der Waals surface area contributed by atoms with Crippen LogP contribution in [0, 0.1) is 0 Å². The molecule has 0 aliphatic carbocycles. The molecule has 1 fully saturated rings. The Balaban J connectivity index is 1.65. The number of para-hydroxylation sites is 1. The van der Waals surface area contributed by atoms with Gasteiger partial charge < -0.3 is 4.74 Å². The van der Waals surface area contributed by atoms with Crippen molar-refractivity contribution in [2.24, 2.45) is 0 Å². The average molecular weight is 488 g/mol. The molecule has 1 saturated heterocycles. The van der Waals surface area contributed by atoms with Gasteiger partial charge in [0.25, 0.3) is 5.91 Å². The van der Waals surface area contributed by atoms with E-state index in [4.69, 9.17) is 9.72 Å². The first-order valence-corrected chi connectivity index (χ1v) is 13.7. The van der Waals surface area contributed by atoms with Gasteiger partial charge in [-0.25, -0.2) is 13.4 Å². The lowest BCUT2D eigenvalue weighted by atomic mass is 10.1. The number of amides is 1. The molecule has 1 aliphatic heterocycles. The third-order valence-electron chi connectivity index (χ3n) is 5.93. The smallest absolute Gasteiger partial charge is 0.260 e. The van der Waals surface area contributed by atoms with E-state index in [1.807, 2.05) is 12.1 Å². The Bertz CT molecular complexity index is 1220. The number of fused-ring (bicyclic) bond motifs is 1. The number of thiazole rings is 1. The maximum absolute atomic E-state index is 13.6. The summed E-state index contributed by atoms with van der Waals surface area (Å²) in [6.07, 6.45) is 0.871. The molecule has 3 aromatic rings. The fourth-order valence-electron chi connectivity index (χ4n) is 3.87. The normalized spacial score (nSPS) is 15.1. The number of aryl methyl sites for hydroxylation is 1. The van der Waals surface area contributed by atoms with Crippen molar-refractivity contribution in [3.05, 3.63) is 53.6 Å². The average Bonchev–Trinajstić information content (AvgIpc) is 3.29. The molecule has 33 heavy (non-hydrogen) atoms. The molecule has 0 spiro atoms. The molecule has 0 bridgehead atoms. The van der Waals surface area contributed by atoms with Gasteiger partial charge in [-0.05, 0) is 42.3 Å². The number of benzene rings is 2. The van der Waals surface area contributed by atoms with Crippen LogP contribution in [-0.2, 0) is 21.0 Å². The first kappa shape index (κ1) is 23.8. The van der Waals surface area contributed by atoms with Gasteiger partial charge >= 0.3 is 0 Å². The minimum absolute atomic E-state index is 0.0252. The molecule has 2 aromatic carbocycles. The topological polar surface area (TPSA) is 79.8 Å². The Morgan fingerprint density at radius 1 is 1.12 bits per heavy atom. The molecule has 1 amide bonds. The van der Waals surface area contributed by atoms with Crippen molar-refractivity contribution < 1.29 is 17.9 Å². The molecule has 0 saturated carbocycles. The molecule has 176 valence electrons. The van der Waals surface area contributed by atoms with E-state index in [0.29, 0.717) is 37.0 Å². The van der Waals surface area contributed by atoms with E-state index in [1.165, 1.54) is 23.5 Å². The second-order valence-corrected chi connectivity index (χ2v) is 11.2. The summed E-state index contributed by atoms with van der Waals surface area (Å²) in [5, 5.41) is 0.661. The van der Waals surface area contributed by atoms with Crippen molar-refractivity contribution in [2.45, 2.75) is 25.2 Å². The van der Waals surface area contributed by atoms with Crippen LogP contribution in [-0.4, -0.2) is 69.4 Å². The minimum Gasteiger partial charge on any atom is -0.379 e. The quantitative estimate of drug-likeness (QED) is 0.483. The second kappa shape index (κ2) is 10.3. The number of nitrogens with zero attached hydrogens (tertiary/aromatic N) is 3. The summed E-state index contributed by atoms with van der Waals surface area (Å²) in [4.78, 5) is 22.7. The fourth-order valence-corrected chi connectivity index (χ4v) is 5.79. The van der Waals surface area contributed by atoms with Gasteiger partial charge in [-0.3, -0.25) is 14.6 Å². The second-order valence-electron chi connectivity index (χ2n) is 7.95. The van der Waals surface area contributed by atoms with Crippen LogP contribution < -0.4 is 4.90 Å². The first-order chi connectivity index (χ1) is 15.9. The van der Waals surface area contributed by atoms with Crippen LogP contribution in [0.3, 0.4) is 0 Å². The number of morpholine rings is 1. The highest BCUT2D eigenvalue weighted by atomic mass is 32.2. The Kier molecular flexibility index (Phi) is 7.43. The Hall–Kier alpha value is -2.33. The van der Waals surface area contributed by atoms with Gasteiger partial charge in [0.1, 0.15) is 0 Å². The Morgan fingerprint density at radius 3 is 2.52 bits per heavy atom. The lowest BCUT2D eigenvalue weighted by Gasteiger charge is -2.29. The van der Waals surface area contributed by atoms with Gasteiger partial charge in [0, 0.05) is 31.7 Å². The highest BCUT2D eigenvalue weighted by Crippen LogP contribution is 2.32. The van der Waals surface area contributed by atoms with Crippen molar-refractivity contribution in [3.63, 3.8) is 0 Å². The van der Waals surface area contributed by atoms with E-state index < -0.39 is 9.84 Å². The summed E-state index contributed by atoms with van der Waals surface area (Å²) < 4.78 is 30.8. The molecular formula is C24H29N3O4S2. The van der Waals surface area contributed by atoms with Crippen molar-refractivity contribution in [3.8, 4) is 0 Å². The van der Waals surface area contributed by atoms with E-state index in [2.05, 4.69) is 17.9 Å². The standard InChI is InChI=1S/C24H29N3O4S2/c1-3-18-6-5-7-21-22(18)25-24(32-21)27(13-12-26-14-16-31-17-15-26)23(28)19-8-10-20(11-9-19)33(29,30)4-2/h5-11H,3-4,12-17H2,1-2H3. The summed E-state index contributed by atoms with van der Waals surface area (Å²) in [7, 11) is -3.32. The Labute approximate surface area is 198 Å². The molecule has 0 N–H and O–H groups in total. The number of rotatable bonds is 8. The van der Waals surface area contributed by atoms with Crippen LogP contribution >= 0.6 is 11.3 Å². The molecule has 0 atom stereocenters. The third-order valence-corrected chi connectivity index (χ3v) is 8.73. The van der Waals surface area contributed by atoms with Gasteiger partial charge in [-0.2, -0.15) is 0 Å². The van der Waals surface area contributed by atoms with Crippen LogP contribution in [0.25, 0.3) is 10.2 Å². The molecular weight excluding hydrogens is 458 g/mol. The molecule has 0 unspecified atom stereocenters. The molecule has 7 nitrogen and oxygen atoms in total. The van der Waals surface area contributed by atoms with E-state index in [1.54, 1.807) is 24.0 Å². The maximum atomic E-state index is 13.6. The van der Waals surface area contributed by atoms with Crippen LogP contribution in [0.2, 0.25) is 0 Å². The Morgan fingerprint density at radius 2 is 1.85 bits per heavy atom. The van der Waals surface area contributed by atoms with Crippen molar-refractivity contribution in [2.75, 3.05) is 50.0 Å². The highest BCUT2D eigenvalue weighted by molar-refractivity contribution is 7.91. The zero-order valence-electron chi connectivity index (χ0n) is 19.0. The monoisotopic (exact) mass is 487 g/mol. The fraction of sp³-hybridized carbons (Fsp3) is 0.417. The first-order valence-electron chi connectivity index (χ1n) is 11.3. The maximum Gasteiger partial charge on any atom is 0.260 e. The van der Waals surface area contributed by atoms with E-state index >= 15 is 0 Å². The van der Waals surface area contributed by atoms with Crippen LogP contribution in [0.5, 0.6) is 0 Å². The van der Waals surface area contributed by atoms with Crippen LogP contribution in [0.4, 0.5) is 5.13 Å². The predicted octanol–water partition coefficient (Wildman–Crippen LogP) is 3.63. The van der Waals surface area contributed by atoms with Gasteiger partial charge in [-0.1, -0.05) is 37.3 Å². The van der Waals surface area contributed by atoms with Crippen molar-refractivity contribution >= 4 is 42.4 Å². The van der Waals surface area contributed by atoms with Crippen molar-refractivity contribution in [1.82, 2.24) is 9.88 Å². The van der Waals surface area contributed by atoms with Gasteiger partial charge in [0.15, 0.2) is 15.0 Å². The molecule has 9 heteroatoms. The number of hydrogen-bond acceptors (Lipinski definition) is 7. The van der Waals surface area contributed by atoms with Gasteiger partial charge in [0.05, 0.1) is 34.1 Å². The van der Waals surface area contributed by atoms with Gasteiger partial charge in [-0.15, -0.1) is 0 Å². The number of sulfone groups is 1. The van der Waals surface area contributed by atoms with Crippen LogP contribution in [0.1, 0.15) is 29.8 Å². The minimum atomic E-state index is -3.32. The van der Waals surface area contributed by atoms with Crippen molar-refractivity contribution in [1.29, 1.82) is 0 Å². The third kappa shape index (κ3) is 5.27. The number of hydrogen-bond donors (Lipinski definition) is 0. The molecule has 4 rings (SSSR count). The molecule has 0 radical (unpaired) electrons. The lowest BCUT2D eigenvalue weighted by molar-refractivity contribution is 0.0391. The van der Waals surface area contributed by atoms with E-state index in [9.17, 15) is 13.2 Å². The van der Waals surface area contributed by atoms with E-state index in [-0.39, 0.29) is 16.6 Å². The molecule has 2 heterocycles. The summed E-state index contributed by atoms with van der Waals surface area (Å²) >= 11 is 1.51. The van der Waals surface area contributed by atoms with Gasteiger partial charge in [0.2, 0.25) is 0 Å². The van der Waals surface area contributed by atoms with E-state index in [0.717, 1.165) is 35.3 Å². The summed E-state index contributed by atoms with van der Waals surface area (Å²) in [5.41, 5.74) is 2.54. The van der Waals surface area contributed by atoms with Crippen LogP contribution in [0.15, 0.2) is 47.4 Å². The molecule has 1 aliphatic rings. The molecule has 1 aromatic heterocycles. The largest absolute Gasteiger partial charge is 0.379 e. The number of ether oxygens (including phenoxy) is 1. The summed E-state index contributed by atoms with van der Waals surface area (Å²) in [6, 6.07) is 12.3. The summed E-state index contributed by atoms with van der Waals surface area (Å²) in [6.45, 7) is 7.99. The zero-order chi connectivity index (χ0) is 23.4.